The summed E-state index contributed by atoms with van der Waals surface area (Å²) in [6.07, 6.45) is 0. The highest BCUT2D eigenvalue weighted by Gasteiger charge is 2.17. The van der Waals surface area contributed by atoms with Crippen molar-refractivity contribution >= 4 is 17.3 Å². The lowest BCUT2D eigenvalue weighted by molar-refractivity contribution is -0.384. The fourth-order valence-electron chi connectivity index (χ4n) is 1.11. The summed E-state index contributed by atoms with van der Waals surface area (Å²) in [5.74, 6) is -0.782. The molecule has 8 nitrogen and oxygen atoms in total. The Hall–Kier alpha value is -2.82. The first-order valence-electron chi connectivity index (χ1n) is 5.30. The van der Waals surface area contributed by atoms with Crippen LogP contribution in [0, 0.1) is 21.4 Å². The first-order chi connectivity index (χ1) is 9.08. The molecule has 0 saturated heterocycles. The molecule has 0 amide bonds. The normalized spacial score (nSPS) is 11.8. The molecule has 0 fully saturated rings. The van der Waals surface area contributed by atoms with Crippen LogP contribution in [0.4, 0.5) is 11.4 Å². The Kier molecular flexibility index (Phi) is 5.10. The smallest absolute Gasteiger partial charge is 0.347 e. The Morgan fingerprint density at radius 1 is 1.53 bits per heavy atom. The summed E-state index contributed by atoms with van der Waals surface area (Å²) in [4.78, 5) is 21.1. The largest absolute Gasteiger partial charge is 0.464 e. The van der Waals surface area contributed by atoms with Gasteiger partial charge in [0.15, 0.2) is 0 Å². The molecule has 0 aromatic heterocycles. The third-order valence-corrected chi connectivity index (χ3v) is 1.98. The predicted octanol–water partition coefficient (Wildman–Crippen LogP) is 2.13. The Morgan fingerprint density at radius 2 is 2.16 bits per heavy atom. The van der Waals surface area contributed by atoms with Crippen LogP contribution in [0.5, 0.6) is 0 Å². The number of nitro groups is 1. The lowest BCUT2D eigenvalue weighted by Crippen LogP contribution is -2.19. The zero-order chi connectivity index (χ0) is 14.3. The Labute approximate surface area is 108 Å². The summed E-state index contributed by atoms with van der Waals surface area (Å²) in [7, 11) is 0. The molecule has 0 spiro atoms. The second-order valence-corrected chi connectivity index (χ2v) is 3.27. The molecule has 0 N–H and O–H groups in total. The second-order valence-electron chi connectivity index (χ2n) is 3.27. The number of non-ortho nitro benzene ring substituents is 1. The van der Waals surface area contributed by atoms with Gasteiger partial charge in [0.05, 0.1) is 17.2 Å². The summed E-state index contributed by atoms with van der Waals surface area (Å²) in [6.45, 7) is 1.75. The molecule has 8 heteroatoms. The fraction of sp³-hybridized carbons (Fsp3) is 0.273. The van der Waals surface area contributed by atoms with Crippen molar-refractivity contribution in [2.24, 2.45) is 10.2 Å². The van der Waals surface area contributed by atoms with E-state index in [4.69, 9.17) is 5.26 Å². The Morgan fingerprint density at radius 3 is 2.63 bits per heavy atom. The van der Waals surface area contributed by atoms with Crippen molar-refractivity contribution in [2.75, 3.05) is 6.61 Å². The van der Waals surface area contributed by atoms with Crippen LogP contribution in [0.1, 0.15) is 6.92 Å². The van der Waals surface area contributed by atoms with Crippen LogP contribution in [0.25, 0.3) is 0 Å². The number of nitriles is 1. The molecule has 0 bridgehead atoms. The lowest BCUT2D eigenvalue weighted by atomic mass is 10.3. The predicted molar refractivity (Wildman–Crippen MR) is 63.6 cm³/mol. The first-order valence-corrected chi connectivity index (χ1v) is 5.30. The van der Waals surface area contributed by atoms with Gasteiger partial charge >= 0.3 is 5.97 Å². The number of ether oxygens (including phenoxy) is 1. The number of carbonyl (C=O) groups excluding carboxylic acids is 1. The highest BCUT2D eigenvalue weighted by Crippen LogP contribution is 2.18. The van der Waals surface area contributed by atoms with E-state index < -0.39 is 16.9 Å². The summed E-state index contributed by atoms with van der Waals surface area (Å²) in [5, 5.41) is 26.3. The molecule has 1 atom stereocenters. The molecular formula is C11H10N4O4. The zero-order valence-corrected chi connectivity index (χ0v) is 10.0. The number of nitro benzene ring substituents is 1. The van der Waals surface area contributed by atoms with Gasteiger partial charge in [-0.25, -0.2) is 4.79 Å². The summed E-state index contributed by atoms with van der Waals surface area (Å²) in [6, 6.07) is 5.53. The molecule has 1 rings (SSSR count). The van der Waals surface area contributed by atoms with E-state index in [-0.39, 0.29) is 12.3 Å². The van der Waals surface area contributed by atoms with Crippen LogP contribution in [0.15, 0.2) is 34.5 Å². The number of carbonyl (C=O) groups is 1. The molecule has 0 saturated carbocycles. The number of nitrogens with zero attached hydrogens (tertiary/aromatic N) is 4. The van der Waals surface area contributed by atoms with Crippen LogP contribution in [-0.4, -0.2) is 23.5 Å². The number of hydrogen-bond acceptors (Lipinski definition) is 7. The van der Waals surface area contributed by atoms with Gasteiger partial charge in [0.25, 0.3) is 11.7 Å². The van der Waals surface area contributed by atoms with Crippen LogP contribution >= 0.6 is 0 Å². The third-order valence-electron chi connectivity index (χ3n) is 1.98. The van der Waals surface area contributed by atoms with Crippen molar-refractivity contribution in [3.8, 4) is 6.07 Å². The monoisotopic (exact) mass is 262 g/mol. The topological polar surface area (TPSA) is 118 Å². The van der Waals surface area contributed by atoms with Gasteiger partial charge in [-0.05, 0) is 19.1 Å². The summed E-state index contributed by atoms with van der Waals surface area (Å²) >= 11 is 0. The Bertz CT molecular complexity index is 533. The minimum absolute atomic E-state index is 0.0822. The van der Waals surface area contributed by atoms with E-state index in [1.54, 1.807) is 13.0 Å². The molecular weight excluding hydrogens is 252 g/mol. The van der Waals surface area contributed by atoms with E-state index in [0.717, 1.165) is 0 Å². The minimum atomic E-state index is -1.34. The molecule has 0 heterocycles. The molecule has 1 aromatic carbocycles. The van der Waals surface area contributed by atoms with Crippen LogP contribution in [0.2, 0.25) is 0 Å². The van der Waals surface area contributed by atoms with Crippen molar-refractivity contribution in [1.82, 2.24) is 0 Å². The summed E-state index contributed by atoms with van der Waals surface area (Å²) in [5.41, 5.74) is 0.219. The standard InChI is InChI=1S/C11H10N4O4/c1-2-19-11(16)10(7-12)14-13-8-3-5-9(6-4-8)15(17)18/h3-6,10H,2H2,1H3. The zero-order valence-electron chi connectivity index (χ0n) is 10.0. The average molecular weight is 262 g/mol. The van der Waals surface area contributed by atoms with Gasteiger partial charge in [-0.1, -0.05) is 0 Å². The average Bonchev–Trinajstić information content (AvgIpc) is 2.40. The van der Waals surface area contributed by atoms with E-state index >= 15 is 0 Å². The van der Waals surface area contributed by atoms with Crippen molar-refractivity contribution in [1.29, 1.82) is 5.26 Å². The van der Waals surface area contributed by atoms with Gasteiger partial charge in [0.1, 0.15) is 6.07 Å². The molecule has 0 aliphatic carbocycles. The highest BCUT2D eigenvalue weighted by atomic mass is 16.6. The maximum Gasteiger partial charge on any atom is 0.347 e. The number of azo groups is 1. The van der Waals surface area contributed by atoms with Gasteiger partial charge in [-0.3, -0.25) is 10.1 Å². The fourth-order valence-corrected chi connectivity index (χ4v) is 1.11. The number of esters is 1. The maximum atomic E-state index is 11.3. The lowest BCUT2D eigenvalue weighted by Gasteiger charge is -2.01. The molecule has 98 valence electrons. The van der Waals surface area contributed by atoms with E-state index in [9.17, 15) is 14.9 Å². The number of hydrogen-bond donors (Lipinski definition) is 0. The van der Waals surface area contributed by atoms with E-state index in [0.29, 0.717) is 5.69 Å². The van der Waals surface area contributed by atoms with E-state index in [1.807, 2.05) is 0 Å². The molecule has 1 aromatic rings. The van der Waals surface area contributed by atoms with Gasteiger partial charge < -0.3 is 4.74 Å². The second kappa shape index (κ2) is 6.80. The van der Waals surface area contributed by atoms with Crippen molar-refractivity contribution in [2.45, 2.75) is 13.0 Å². The SMILES string of the molecule is CCOC(=O)C(C#N)N=Nc1ccc([N+](=O)[O-])cc1. The highest BCUT2D eigenvalue weighted by molar-refractivity contribution is 5.78. The quantitative estimate of drug-likeness (QED) is 0.348. The molecule has 0 aliphatic heterocycles. The van der Waals surface area contributed by atoms with Crippen molar-refractivity contribution in [3.63, 3.8) is 0 Å². The van der Waals surface area contributed by atoms with Gasteiger partial charge in [-0.15, -0.1) is 0 Å². The Balaban J connectivity index is 2.77. The van der Waals surface area contributed by atoms with Gasteiger partial charge in [0, 0.05) is 12.1 Å². The van der Waals surface area contributed by atoms with Crippen LogP contribution < -0.4 is 0 Å². The minimum Gasteiger partial charge on any atom is -0.464 e. The van der Waals surface area contributed by atoms with Crippen LogP contribution in [0.3, 0.4) is 0 Å². The third kappa shape index (κ3) is 4.16. The number of benzene rings is 1. The molecule has 0 radical (unpaired) electrons. The van der Waals surface area contributed by atoms with E-state index in [1.165, 1.54) is 24.3 Å². The van der Waals surface area contributed by atoms with Gasteiger partial charge in [-0.2, -0.15) is 15.5 Å². The molecule has 19 heavy (non-hydrogen) atoms. The molecule has 1 unspecified atom stereocenters. The van der Waals surface area contributed by atoms with Crippen molar-refractivity contribution < 1.29 is 14.5 Å². The van der Waals surface area contributed by atoms with Crippen LogP contribution in [-0.2, 0) is 9.53 Å². The maximum absolute atomic E-state index is 11.3. The first kappa shape index (κ1) is 14.2. The van der Waals surface area contributed by atoms with Crippen molar-refractivity contribution in [3.05, 3.63) is 34.4 Å². The molecule has 0 aliphatic rings. The summed E-state index contributed by atoms with van der Waals surface area (Å²) < 4.78 is 4.63. The van der Waals surface area contributed by atoms with Gasteiger partial charge in [0.2, 0.25) is 0 Å². The van der Waals surface area contributed by atoms with E-state index in [2.05, 4.69) is 15.0 Å². The number of rotatable bonds is 5.